The molecule has 1 aromatic heterocycles. The van der Waals surface area contributed by atoms with Gasteiger partial charge in [-0.3, -0.25) is 15.1 Å². The Kier molecular flexibility index (Phi) is 5.45. The number of nitro benzene ring substituents is 1. The minimum Gasteiger partial charge on any atom is -0.497 e. The van der Waals surface area contributed by atoms with E-state index >= 15 is 0 Å². The van der Waals surface area contributed by atoms with E-state index in [1.54, 1.807) is 37.6 Å². The minimum absolute atomic E-state index is 0.0367. The summed E-state index contributed by atoms with van der Waals surface area (Å²) in [6.07, 6.45) is 3.10. The Morgan fingerprint density at radius 3 is 2.39 bits per heavy atom. The molecule has 9 heteroatoms. The van der Waals surface area contributed by atoms with Crippen LogP contribution >= 0.6 is 0 Å². The van der Waals surface area contributed by atoms with Crippen LogP contribution in [0, 0.1) is 10.1 Å². The molecule has 3 aromatic rings. The Hall–Kier alpha value is -4.01. The van der Waals surface area contributed by atoms with Gasteiger partial charge in [0.05, 0.1) is 30.5 Å². The molecule has 0 saturated carbocycles. The van der Waals surface area contributed by atoms with Crippen LogP contribution in [0.5, 0.6) is 5.75 Å². The number of carbonyl (C=O) groups excluding carboxylic acids is 1. The lowest BCUT2D eigenvalue weighted by Gasteiger charge is -2.00. The summed E-state index contributed by atoms with van der Waals surface area (Å²) >= 11 is 0. The predicted molar refractivity (Wildman–Crippen MR) is 102 cm³/mol. The first-order valence-corrected chi connectivity index (χ1v) is 8.12. The van der Waals surface area contributed by atoms with Crippen molar-refractivity contribution in [1.82, 2.24) is 9.78 Å². The summed E-state index contributed by atoms with van der Waals surface area (Å²) in [5.41, 5.74) is 1.71. The summed E-state index contributed by atoms with van der Waals surface area (Å²) < 4.78 is 11.3. The van der Waals surface area contributed by atoms with E-state index in [-0.39, 0.29) is 11.4 Å². The highest BCUT2D eigenvalue weighted by Crippen LogP contribution is 2.19. The van der Waals surface area contributed by atoms with Gasteiger partial charge in [-0.05, 0) is 36.4 Å². The van der Waals surface area contributed by atoms with E-state index in [9.17, 15) is 14.9 Å². The lowest BCUT2D eigenvalue weighted by atomic mass is 10.2. The topological polar surface area (TPSA) is 109 Å². The van der Waals surface area contributed by atoms with Crippen molar-refractivity contribution >= 4 is 23.6 Å². The van der Waals surface area contributed by atoms with E-state index in [2.05, 4.69) is 10.1 Å². The van der Waals surface area contributed by atoms with Crippen molar-refractivity contribution in [2.24, 2.45) is 4.99 Å². The molecule has 0 aliphatic carbocycles. The summed E-state index contributed by atoms with van der Waals surface area (Å²) in [6, 6.07) is 12.9. The Bertz CT molecular complexity index is 1020. The van der Waals surface area contributed by atoms with Crippen LogP contribution in [0.2, 0.25) is 0 Å². The van der Waals surface area contributed by atoms with Crippen LogP contribution < -0.4 is 4.74 Å². The molecule has 0 aliphatic rings. The minimum atomic E-state index is -0.614. The molecular formula is C19H16N4O5. The first-order chi connectivity index (χ1) is 13.5. The van der Waals surface area contributed by atoms with E-state index in [0.29, 0.717) is 22.7 Å². The Balaban J connectivity index is 1.94. The first-order valence-electron chi connectivity index (χ1n) is 8.12. The zero-order chi connectivity index (χ0) is 20.1. The number of nitrogens with zero attached hydrogens (tertiary/aromatic N) is 4. The number of benzene rings is 2. The second kappa shape index (κ2) is 8.12. The molecule has 0 bridgehead atoms. The van der Waals surface area contributed by atoms with Crippen LogP contribution in [0.15, 0.2) is 59.7 Å². The molecule has 0 aliphatic heterocycles. The van der Waals surface area contributed by atoms with Crippen LogP contribution in [-0.2, 0) is 4.74 Å². The quantitative estimate of drug-likeness (QED) is 0.281. The van der Waals surface area contributed by atoms with Gasteiger partial charge in [-0.2, -0.15) is 5.10 Å². The largest absolute Gasteiger partial charge is 0.497 e. The van der Waals surface area contributed by atoms with Crippen molar-refractivity contribution in [2.45, 2.75) is 0 Å². The Morgan fingerprint density at radius 2 is 1.82 bits per heavy atom. The Labute approximate surface area is 160 Å². The zero-order valence-corrected chi connectivity index (χ0v) is 15.1. The second-order valence-electron chi connectivity index (χ2n) is 5.60. The van der Waals surface area contributed by atoms with Gasteiger partial charge in [0.2, 0.25) is 0 Å². The fourth-order valence-corrected chi connectivity index (χ4v) is 2.41. The van der Waals surface area contributed by atoms with E-state index in [0.717, 1.165) is 0 Å². The van der Waals surface area contributed by atoms with Crippen molar-refractivity contribution in [2.75, 3.05) is 14.2 Å². The fourth-order valence-electron chi connectivity index (χ4n) is 2.41. The third kappa shape index (κ3) is 4.04. The third-order valence-electron chi connectivity index (χ3n) is 3.87. The first kappa shape index (κ1) is 18.8. The molecular weight excluding hydrogens is 364 g/mol. The molecule has 9 nitrogen and oxygen atoms in total. The maximum Gasteiger partial charge on any atom is 0.359 e. The van der Waals surface area contributed by atoms with Crippen molar-refractivity contribution in [3.63, 3.8) is 0 Å². The molecule has 0 radical (unpaired) electrons. The number of aliphatic imine (C=N–C) groups is 1. The van der Waals surface area contributed by atoms with Crippen molar-refractivity contribution in [3.8, 4) is 11.4 Å². The fraction of sp³-hybridized carbons (Fsp3) is 0.105. The maximum absolute atomic E-state index is 12.1. The molecule has 1 heterocycles. The molecule has 0 saturated heterocycles. The van der Waals surface area contributed by atoms with Gasteiger partial charge in [0.1, 0.15) is 5.75 Å². The molecule has 2 aromatic carbocycles. The highest BCUT2D eigenvalue weighted by molar-refractivity contribution is 5.98. The molecule has 3 rings (SSSR count). The van der Waals surface area contributed by atoms with Gasteiger partial charge < -0.3 is 9.47 Å². The monoisotopic (exact) mass is 380 g/mol. The standard InChI is InChI=1S/C19H16N4O5/c1-27-17-9-3-14(4-10-17)20-11-13-12-22(21-18(13)19(24)28-2)15-5-7-16(8-6-15)23(25)26/h3-12H,1-2H3. The van der Waals surface area contributed by atoms with Crippen molar-refractivity contribution in [3.05, 3.63) is 76.1 Å². The van der Waals surface area contributed by atoms with Crippen LogP contribution in [-0.4, -0.2) is 41.1 Å². The molecule has 0 atom stereocenters. The van der Waals surface area contributed by atoms with Gasteiger partial charge in [-0.25, -0.2) is 9.48 Å². The summed E-state index contributed by atoms with van der Waals surface area (Å²) in [5.74, 6) is 0.0945. The van der Waals surface area contributed by atoms with Crippen LogP contribution in [0.25, 0.3) is 5.69 Å². The number of ether oxygens (including phenoxy) is 2. The number of hydrogen-bond donors (Lipinski definition) is 0. The number of non-ortho nitro benzene ring substituents is 1. The molecule has 0 amide bonds. The summed E-state index contributed by atoms with van der Waals surface area (Å²) in [5, 5.41) is 15.0. The average molecular weight is 380 g/mol. The van der Waals surface area contributed by atoms with E-state index in [4.69, 9.17) is 9.47 Å². The average Bonchev–Trinajstić information content (AvgIpc) is 3.16. The molecule has 142 valence electrons. The van der Waals surface area contributed by atoms with Crippen LogP contribution in [0.3, 0.4) is 0 Å². The maximum atomic E-state index is 12.1. The van der Waals surface area contributed by atoms with Gasteiger partial charge in [0, 0.05) is 30.1 Å². The van der Waals surface area contributed by atoms with Crippen molar-refractivity contribution in [1.29, 1.82) is 0 Å². The summed E-state index contributed by atoms with van der Waals surface area (Å²) in [6.45, 7) is 0. The van der Waals surface area contributed by atoms with Crippen molar-refractivity contribution < 1.29 is 19.2 Å². The molecule has 28 heavy (non-hydrogen) atoms. The molecule has 0 spiro atoms. The number of esters is 1. The van der Waals surface area contributed by atoms with Gasteiger partial charge >= 0.3 is 5.97 Å². The van der Waals surface area contributed by atoms with E-state index in [1.807, 2.05) is 0 Å². The molecule has 0 unspecified atom stereocenters. The van der Waals surface area contributed by atoms with Gasteiger partial charge in [0.15, 0.2) is 5.69 Å². The van der Waals surface area contributed by atoms with E-state index in [1.165, 1.54) is 42.3 Å². The smallest absolute Gasteiger partial charge is 0.359 e. The Morgan fingerprint density at radius 1 is 1.14 bits per heavy atom. The lowest BCUT2D eigenvalue weighted by Crippen LogP contribution is -2.06. The number of carbonyl (C=O) groups is 1. The van der Waals surface area contributed by atoms with Crippen LogP contribution in [0.1, 0.15) is 16.1 Å². The number of hydrogen-bond acceptors (Lipinski definition) is 7. The highest BCUT2D eigenvalue weighted by Gasteiger charge is 2.17. The zero-order valence-electron chi connectivity index (χ0n) is 15.1. The van der Waals surface area contributed by atoms with E-state index < -0.39 is 10.9 Å². The second-order valence-corrected chi connectivity index (χ2v) is 5.60. The predicted octanol–water partition coefficient (Wildman–Crippen LogP) is 3.33. The highest BCUT2D eigenvalue weighted by atomic mass is 16.6. The summed E-state index contributed by atoms with van der Waals surface area (Å²) in [7, 11) is 2.84. The molecule has 0 fully saturated rings. The number of rotatable bonds is 6. The molecule has 0 N–H and O–H groups in total. The van der Waals surface area contributed by atoms with Gasteiger partial charge in [0.25, 0.3) is 5.69 Å². The van der Waals surface area contributed by atoms with Gasteiger partial charge in [-0.15, -0.1) is 0 Å². The number of nitro groups is 1. The third-order valence-corrected chi connectivity index (χ3v) is 3.87. The number of aromatic nitrogens is 2. The van der Waals surface area contributed by atoms with Gasteiger partial charge in [-0.1, -0.05) is 0 Å². The normalized spacial score (nSPS) is 10.8. The van der Waals surface area contributed by atoms with Crippen LogP contribution in [0.4, 0.5) is 11.4 Å². The SMILES string of the molecule is COC(=O)c1nn(-c2ccc([N+](=O)[O-])cc2)cc1C=Nc1ccc(OC)cc1. The lowest BCUT2D eigenvalue weighted by molar-refractivity contribution is -0.384. The number of methoxy groups -OCH3 is 2. The summed E-state index contributed by atoms with van der Waals surface area (Å²) in [4.78, 5) is 26.7.